The first kappa shape index (κ1) is 22.1. The summed E-state index contributed by atoms with van der Waals surface area (Å²) in [7, 11) is 1.59. The van der Waals surface area contributed by atoms with E-state index in [1.54, 1.807) is 11.7 Å². The fraction of sp³-hybridized carbons (Fsp3) is 0.600. The summed E-state index contributed by atoms with van der Waals surface area (Å²) in [4.78, 5) is 34.5. The second-order valence-corrected chi connectivity index (χ2v) is 9.66. The van der Waals surface area contributed by atoms with Crippen LogP contribution in [0.5, 0.6) is 0 Å². The third-order valence-corrected chi connectivity index (χ3v) is 6.28. The van der Waals surface area contributed by atoms with E-state index in [2.05, 4.69) is 10.3 Å². The average molecular weight is 433 g/mol. The van der Waals surface area contributed by atoms with Gasteiger partial charge in [-0.05, 0) is 17.9 Å². The lowest BCUT2D eigenvalue weighted by atomic mass is 9.97. The van der Waals surface area contributed by atoms with Crippen LogP contribution in [0, 0.1) is 23.8 Å². The average Bonchev–Trinajstić information content (AvgIpc) is 3.23. The van der Waals surface area contributed by atoms with Gasteiger partial charge in [-0.25, -0.2) is 4.79 Å². The van der Waals surface area contributed by atoms with E-state index in [0.717, 1.165) is 10.4 Å². The molecule has 10 heteroatoms. The van der Waals surface area contributed by atoms with E-state index in [0.29, 0.717) is 55.5 Å². The van der Waals surface area contributed by atoms with Crippen LogP contribution in [-0.2, 0) is 24.4 Å². The topological polar surface area (TPSA) is 105 Å². The number of nitriles is 1. The SMILES string of the molecule is COCCn1c(=O)n(CC(C)(C)C)c(=O)c2c(C)c(CN3CCN=C3NC#N)sc21. The van der Waals surface area contributed by atoms with Gasteiger partial charge in [-0.15, -0.1) is 11.3 Å². The van der Waals surface area contributed by atoms with Gasteiger partial charge in [0.2, 0.25) is 5.96 Å². The zero-order chi connectivity index (χ0) is 22.1. The van der Waals surface area contributed by atoms with E-state index < -0.39 is 0 Å². The number of nitrogens with zero attached hydrogens (tertiary/aromatic N) is 5. The van der Waals surface area contributed by atoms with Crippen LogP contribution in [0.2, 0.25) is 0 Å². The number of guanidine groups is 1. The summed E-state index contributed by atoms with van der Waals surface area (Å²) in [5.41, 5.74) is 0.106. The molecule has 0 radical (unpaired) electrons. The number of aryl methyl sites for hydroxylation is 1. The molecule has 162 valence electrons. The minimum absolute atomic E-state index is 0.216. The monoisotopic (exact) mass is 432 g/mol. The number of rotatable bonds is 6. The van der Waals surface area contributed by atoms with Crippen LogP contribution < -0.4 is 16.6 Å². The van der Waals surface area contributed by atoms with Crippen molar-refractivity contribution >= 4 is 27.5 Å². The summed E-state index contributed by atoms with van der Waals surface area (Å²) in [5.74, 6) is 0.538. The molecule has 0 saturated heterocycles. The number of aliphatic imine (C=N–C) groups is 1. The molecule has 0 spiro atoms. The maximum atomic E-state index is 13.3. The summed E-state index contributed by atoms with van der Waals surface area (Å²) in [6, 6.07) is 0. The number of hydrogen-bond acceptors (Lipinski definition) is 8. The molecule has 0 bridgehead atoms. The predicted molar refractivity (Wildman–Crippen MR) is 118 cm³/mol. The molecule has 30 heavy (non-hydrogen) atoms. The molecule has 0 fully saturated rings. The lowest BCUT2D eigenvalue weighted by Gasteiger charge is -2.20. The maximum absolute atomic E-state index is 13.3. The molecule has 1 aliphatic heterocycles. The third-order valence-electron chi connectivity index (χ3n) is 4.98. The molecule has 1 aliphatic rings. The molecule has 0 atom stereocenters. The standard InChI is InChI=1S/C20H28N6O3S/c1-13-14(10-24-7-6-22-18(24)23-12-21)30-17-15(13)16(27)26(11-20(2,3)4)19(28)25(17)8-9-29-5/h6-11H2,1-5H3,(H,22,23). The van der Waals surface area contributed by atoms with Gasteiger partial charge in [0.25, 0.3) is 5.56 Å². The van der Waals surface area contributed by atoms with Gasteiger partial charge in [0.05, 0.1) is 31.6 Å². The zero-order valence-electron chi connectivity index (χ0n) is 18.1. The number of nitrogens with one attached hydrogen (secondary N) is 1. The van der Waals surface area contributed by atoms with Gasteiger partial charge in [0.15, 0.2) is 6.19 Å². The van der Waals surface area contributed by atoms with Gasteiger partial charge in [0.1, 0.15) is 4.83 Å². The first-order chi connectivity index (χ1) is 14.2. The largest absolute Gasteiger partial charge is 0.383 e. The number of aromatic nitrogens is 2. The Hall–Kier alpha value is -2.64. The summed E-state index contributed by atoms with van der Waals surface area (Å²) >= 11 is 1.45. The maximum Gasteiger partial charge on any atom is 0.332 e. The van der Waals surface area contributed by atoms with Gasteiger partial charge in [0, 0.05) is 25.1 Å². The van der Waals surface area contributed by atoms with E-state index in [9.17, 15) is 9.59 Å². The number of hydrogen-bond donors (Lipinski definition) is 1. The summed E-state index contributed by atoms with van der Waals surface area (Å²) in [6.45, 7) is 10.9. The molecule has 2 aromatic heterocycles. The van der Waals surface area contributed by atoms with Crippen molar-refractivity contribution in [2.45, 2.75) is 47.3 Å². The second kappa shape index (κ2) is 8.62. The molecule has 0 aromatic carbocycles. The van der Waals surface area contributed by atoms with Crippen LogP contribution >= 0.6 is 11.3 Å². The second-order valence-electron chi connectivity index (χ2n) is 8.57. The van der Waals surface area contributed by atoms with Crippen molar-refractivity contribution < 1.29 is 4.74 Å². The third kappa shape index (κ3) is 4.27. The van der Waals surface area contributed by atoms with Gasteiger partial charge in [-0.3, -0.25) is 24.2 Å². The number of thiophene rings is 1. The molecular formula is C20H28N6O3S. The lowest BCUT2D eigenvalue weighted by Crippen LogP contribution is -2.42. The van der Waals surface area contributed by atoms with Crippen molar-refractivity contribution in [2.75, 3.05) is 26.8 Å². The van der Waals surface area contributed by atoms with Gasteiger partial charge >= 0.3 is 5.69 Å². The van der Waals surface area contributed by atoms with Gasteiger partial charge in [-0.2, -0.15) is 5.26 Å². The van der Waals surface area contributed by atoms with Crippen LogP contribution in [0.15, 0.2) is 14.6 Å². The predicted octanol–water partition coefficient (Wildman–Crippen LogP) is 1.47. The van der Waals surface area contributed by atoms with Crippen LogP contribution in [0.1, 0.15) is 31.2 Å². The normalized spacial score (nSPS) is 14.3. The van der Waals surface area contributed by atoms with Gasteiger partial charge in [-0.1, -0.05) is 20.8 Å². The van der Waals surface area contributed by atoms with E-state index >= 15 is 0 Å². The molecule has 3 heterocycles. The van der Waals surface area contributed by atoms with Crippen LogP contribution in [0.3, 0.4) is 0 Å². The summed E-state index contributed by atoms with van der Waals surface area (Å²) in [6.07, 6.45) is 1.91. The van der Waals surface area contributed by atoms with E-state index in [-0.39, 0.29) is 16.7 Å². The van der Waals surface area contributed by atoms with Crippen LogP contribution in [0.4, 0.5) is 0 Å². The Kier molecular flexibility index (Phi) is 6.33. The fourth-order valence-corrected chi connectivity index (χ4v) is 4.89. The first-order valence-electron chi connectivity index (χ1n) is 9.87. The van der Waals surface area contributed by atoms with Crippen molar-refractivity contribution in [3.63, 3.8) is 0 Å². The van der Waals surface area contributed by atoms with Crippen molar-refractivity contribution in [3.05, 3.63) is 31.3 Å². The Morgan fingerprint density at radius 2 is 2.03 bits per heavy atom. The molecule has 0 saturated carbocycles. The summed E-state index contributed by atoms with van der Waals surface area (Å²) < 4.78 is 8.20. The van der Waals surface area contributed by atoms with E-state index in [1.165, 1.54) is 15.9 Å². The molecule has 9 nitrogen and oxygen atoms in total. The highest BCUT2D eigenvalue weighted by atomic mass is 32.1. The van der Waals surface area contributed by atoms with E-state index in [1.807, 2.05) is 38.8 Å². The van der Waals surface area contributed by atoms with Crippen LogP contribution in [-0.4, -0.2) is 46.8 Å². The highest BCUT2D eigenvalue weighted by Crippen LogP contribution is 2.29. The Bertz CT molecular complexity index is 1130. The molecule has 0 amide bonds. The minimum Gasteiger partial charge on any atom is -0.383 e. The van der Waals surface area contributed by atoms with E-state index in [4.69, 9.17) is 10.00 Å². The Morgan fingerprint density at radius 1 is 1.30 bits per heavy atom. The number of ether oxygens (including phenoxy) is 1. The highest BCUT2D eigenvalue weighted by molar-refractivity contribution is 7.18. The Labute approximate surface area is 179 Å². The fourth-order valence-electron chi connectivity index (χ4n) is 3.56. The first-order valence-corrected chi connectivity index (χ1v) is 10.7. The molecule has 3 rings (SSSR count). The van der Waals surface area contributed by atoms with Crippen molar-refractivity contribution in [1.82, 2.24) is 19.4 Å². The van der Waals surface area contributed by atoms with Gasteiger partial charge < -0.3 is 9.64 Å². The Balaban J connectivity index is 2.15. The smallest absolute Gasteiger partial charge is 0.332 e. The van der Waals surface area contributed by atoms with Crippen LogP contribution in [0.25, 0.3) is 10.2 Å². The quantitative estimate of drug-likeness (QED) is 0.547. The van der Waals surface area contributed by atoms with Crippen molar-refractivity contribution in [2.24, 2.45) is 10.4 Å². The summed E-state index contributed by atoms with van der Waals surface area (Å²) in [5, 5.41) is 12.1. The number of fused-ring (bicyclic) bond motifs is 1. The highest BCUT2D eigenvalue weighted by Gasteiger charge is 2.25. The van der Waals surface area contributed by atoms with Crippen molar-refractivity contribution in [1.29, 1.82) is 5.26 Å². The number of methoxy groups -OCH3 is 1. The Morgan fingerprint density at radius 3 is 2.67 bits per heavy atom. The molecular weight excluding hydrogens is 404 g/mol. The van der Waals surface area contributed by atoms with Crippen molar-refractivity contribution in [3.8, 4) is 6.19 Å². The molecule has 2 aromatic rings. The lowest BCUT2D eigenvalue weighted by molar-refractivity contribution is 0.186. The zero-order valence-corrected chi connectivity index (χ0v) is 18.9. The molecule has 0 unspecified atom stereocenters. The molecule has 0 aliphatic carbocycles. The minimum atomic E-state index is -0.304. The molecule has 1 N–H and O–H groups in total.